The molecule has 2 heteroatoms. The fourth-order valence-corrected chi connectivity index (χ4v) is 2.70. The van der Waals surface area contributed by atoms with Crippen molar-refractivity contribution >= 4 is 0 Å². The van der Waals surface area contributed by atoms with Gasteiger partial charge in [-0.25, -0.2) is 0 Å². The maximum Gasteiger partial charge on any atom is 0.0469 e. The summed E-state index contributed by atoms with van der Waals surface area (Å²) >= 11 is 0. The van der Waals surface area contributed by atoms with E-state index in [1.807, 2.05) is 0 Å². The van der Waals surface area contributed by atoms with Crippen LogP contribution in [0.1, 0.15) is 52.9 Å². The van der Waals surface area contributed by atoms with E-state index < -0.39 is 0 Å². The Morgan fingerprint density at radius 3 is 2.50 bits per heavy atom. The van der Waals surface area contributed by atoms with Gasteiger partial charge in [-0.3, -0.25) is 0 Å². The lowest BCUT2D eigenvalue weighted by molar-refractivity contribution is 0.120. The van der Waals surface area contributed by atoms with Crippen LogP contribution in [-0.4, -0.2) is 25.8 Å². The van der Waals surface area contributed by atoms with Crippen LogP contribution >= 0.6 is 0 Å². The number of rotatable bonds is 8. The smallest absolute Gasteiger partial charge is 0.0469 e. The lowest BCUT2D eigenvalue weighted by atomic mass is 9.88. The summed E-state index contributed by atoms with van der Waals surface area (Å²) in [6, 6.07) is 0.607. The molecule has 1 rings (SSSR count). The van der Waals surface area contributed by atoms with Crippen molar-refractivity contribution in [2.45, 2.75) is 58.9 Å². The molecule has 0 heterocycles. The first kappa shape index (κ1) is 14.0. The first-order valence-corrected chi connectivity index (χ1v) is 7.05. The fourth-order valence-electron chi connectivity index (χ4n) is 2.70. The number of ether oxygens (including phenoxy) is 1. The summed E-state index contributed by atoms with van der Waals surface area (Å²) in [4.78, 5) is 0. The molecule has 0 aromatic heterocycles. The number of hydrogen-bond acceptors (Lipinski definition) is 2. The van der Waals surface area contributed by atoms with Gasteiger partial charge < -0.3 is 10.1 Å². The Kier molecular flexibility index (Phi) is 7.06. The topological polar surface area (TPSA) is 21.3 Å². The lowest BCUT2D eigenvalue weighted by Crippen LogP contribution is -2.32. The van der Waals surface area contributed by atoms with Gasteiger partial charge in [-0.05, 0) is 31.7 Å². The first-order valence-electron chi connectivity index (χ1n) is 7.05. The second kappa shape index (κ2) is 8.08. The highest BCUT2D eigenvalue weighted by atomic mass is 16.5. The molecule has 16 heavy (non-hydrogen) atoms. The molecular weight excluding hydrogens is 198 g/mol. The van der Waals surface area contributed by atoms with Crippen molar-refractivity contribution in [3.05, 3.63) is 0 Å². The van der Waals surface area contributed by atoms with E-state index in [4.69, 9.17) is 4.74 Å². The Morgan fingerprint density at radius 2 is 1.94 bits per heavy atom. The molecule has 0 aromatic carbocycles. The van der Waals surface area contributed by atoms with Crippen LogP contribution in [0.2, 0.25) is 0 Å². The maximum absolute atomic E-state index is 5.50. The van der Waals surface area contributed by atoms with Crippen LogP contribution in [0.25, 0.3) is 0 Å². The summed E-state index contributed by atoms with van der Waals surface area (Å²) in [5, 5.41) is 3.59. The van der Waals surface area contributed by atoms with Crippen LogP contribution in [0.3, 0.4) is 0 Å². The summed E-state index contributed by atoms with van der Waals surface area (Å²) in [6.07, 6.45) is 7.00. The van der Waals surface area contributed by atoms with Gasteiger partial charge in [0.05, 0.1) is 0 Å². The minimum absolute atomic E-state index is 0.607. The molecule has 96 valence electrons. The molecule has 0 amide bonds. The van der Waals surface area contributed by atoms with E-state index in [9.17, 15) is 0 Å². The quantitative estimate of drug-likeness (QED) is 0.643. The SMILES string of the molecule is CCOCCC(CNC(C)C)C1CCCC1. The van der Waals surface area contributed by atoms with Crippen LogP contribution in [0.4, 0.5) is 0 Å². The highest BCUT2D eigenvalue weighted by Gasteiger charge is 2.24. The molecule has 1 saturated carbocycles. The van der Waals surface area contributed by atoms with Gasteiger partial charge in [-0.1, -0.05) is 39.5 Å². The Hall–Kier alpha value is -0.0800. The molecule has 0 spiro atoms. The van der Waals surface area contributed by atoms with Crippen molar-refractivity contribution < 1.29 is 4.74 Å². The van der Waals surface area contributed by atoms with E-state index in [0.29, 0.717) is 6.04 Å². The normalized spacial score (nSPS) is 19.5. The van der Waals surface area contributed by atoms with Crippen LogP contribution in [0.5, 0.6) is 0 Å². The molecular formula is C14H29NO. The highest BCUT2D eigenvalue weighted by molar-refractivity contribution is 4.77. The zero-order chi connectivity index (χ0) is 11.8. The minimum Gasteiger partial charge on any atom is -0.382 e. The maximum atomic E-state index is 5.50. The van der Waals surface area contributed by atoms with Crippen LogP contribution in [-0.2, 0) is 4.74 Å². The van der Waals surface area contributed by atoms with E-state index in [-0.39, 0.29) is 0 Å². The second-order valence-corrected chi connectivity index (χ2v) is 5.35. The van der Waals surface area contributed by atoms with E-state index in [2.05, 4.69) is 26.1 Å². The first-order chi connectivity index (χ1) is 7.74. The predicted molar refractivity (Wildman–Crippen MR) is 69.7 cm³/mol. The van der Waals surface area contributed by atoms with Gasteiger partial charge in [0.25, 0.3) is 0 Å². The van der Waals surface area contributed by atoms with Crippen LogP contribution < -0.4 is 5.32 Å². The number of hydrogen-bond donors (Lipinski definition) is 1. The summed E-state index contributed by atoms with van der Waals surface area (Å²) < 4.78 is 5.50. The average molecular weight is 227 g/mol. The van der Waals surface area contributed by atoms with Gasteiger partial charge in [0, 0.05) is 19.3 Å². The Bertz CT molecular complexity index is 164. The Morgan fingerprint density at radius 1 is 1.25 bits per heavy atom. The summed E-state index contributed by atoms with van der Waals surface area (Å²) in [5.41, 5.74) is 0. The molecule has 0 aliphatic heterocycles. The molecule has 1 aliphatic carbocycles. The third-order valence-electron chi connectivity index (χ3n) is 3.69. The van der Waals surface area contributed by atoms with Crippen molar-refractivity contribution in [3.63, 3.8) is 0 Å². The average Bonchev–Trinajstić information content (AvgIpc) is 2.76. The molecule has 1 unspecified atom stereocenters. The van der Waals surface area contributed by atoms with E-state index in [1.165, 1.54) is 38.6 Å². The van der Waals surface area contributed by atoms with Gasteiger partial charge in [0.1, 0.15) is 0 Å². The summed E-state index contributed by atoms with van der Waals surface area (Å²) in [6.45, 7) is 9.52. The predicted octanol–water partition coefficient (Wildman–Crippen LogP) is 3.22. The standard InChI is InChI=1S/C14H29NO/c1-4-16-10-9-14(11-15-12(2)3)13-7-5-6-8-13/h12-15H,4-11H2,1-3H3. The zero-order valence-electron chi connectivity index (χ0n) is 11.3. The van der Waals surface area contributed by atoms with Crippen LogP contribution in [0.15, 0.2) is 0 Å². The second-order valence-electron chi connectivity index (χ2n) is 5.35. The fraction of sp³-hybridized carbons (Fsp3) is 1.00. The molecule has 1 fully saturated rings. The summed E-state index contributed by atoms with van der Waals surface area (Å²) in [5.74, 6) is 1.78. The van der Waals surface area contributed by atoms with Crippen molar-refractivity contribution in [2.75, 3.05) is 19.8 Å². The van der Waals surface area contributed by atoms with Crippen molar-refractivity contribution in [1.29, 1.82) is 0 Å². The Labute approximate surface area is 101 Å². The molecule has 2 nitrogen and oxygen atoms in total. The minimum atomic E-state index is 0.607. The Balaban J connectivity index is 2.28. The zero-order valence-corrected chi connectivity index (χ0v) is 11.3. The third-order valence-corrected chi connectivity index (χ3v) is 3.69. The molecule has 0 saturated heterocycles. The van der Waals surface area contributed by atoms with Crippen molar-refractivity contribution in [3.8, 4) is 0 Å². The van der Waals surface area contributed by atoms with Gasteiger partial charge in [0.15, 0.2) is 0 Å². The monoisotopic (exact) mass is 227 g/mol. The molecule has 0 bridgehead atoms. The molecule has 1 atom stereocenters. The van der Waals surface area contributed by atoms with Gasteiger partial charge in [-0.2, -0.15) is 0 Å². The number of nitrogens with one attached hydrogen (secondary N) is 1. The molecule has 0 radical (unpaired) electrons. The van der Waals surface area contributed by atoms with Crippen molar-refractivity contribution in [1.82, 2.24) is 5.32 Å². The molecule has 0 aromatic rings. The lowest BCUT2D eigenvalue weighted by Gasteiger charge is -2.25. The van der Waals surface area contributed by atoms with Gasteiger partial charge >= 0.3 is 0 Å². The van der Waals surface area contributed by atoms with E-state index in [1.54, 1.807) is 0 Å². The van der Waals surface area contributed by atoms with Gasteiger partial charge in [0.2, 0.25) is 0 Å². The van der Waals surface area contributed by atoms with E-state index >= 15 is 0 Å². The highest BCUT2D eigenvalue weighted by Crippen LogP contribution is 2.32. The largest absolute Gasteiger partial charge is 0.382 e. The third kappa shape index (κ3) is 5.31. The van der Waals surface area contributed by atoms with Crippen LogP contribution in [0, 0.1) is 11.8 Å². The summed E-state index contributed by atoms with van der Waals surface area (Å²) in [7, 11) is 0. The molecule has 1 N–H and O–H groups in total. The van der Waals surface area contributed by atoms with E-state index in [0.717, 1.165) is 25.0 Å². The van der Waals surface area contributed by atoms with Gasteiger partial charge in [-0.15, -0.1) is 0 Å². The molecule has 1 aliphatic rings. The van der Waals surface area contributed by atoms with Crippen molar-refractivity contribution in [2.24, 2.45) is 11.8 Å².